The number of carboxylic acid groups (broad SMARTS) is 1. The van der Waals surface area contributed by atoms with Gasteiger partial charge in [0.25, 0.3) is 5.56 Å². The summed E-state index contributed by atoms with van der Waals surface area (Å²) >= 11 is 0. The number of piperidine rings is 1. The Balaban J connectivity index is 1.15. The Kier molecular flexibility index (Phi) is 7.35. The monoisotopic (exact) mass is 469 g/mol. The van der Waals surface area contributed by atoms with Crippen LogP contribution in [0.3, 0.4) is 0 Å². The number of aromatic amines is 1. The van der Waals surface area contributed by atoms with Gasteiger partial charge in [-0.15, -0.1) is 0 Å². The number of hydrogen-bond donors (Lipinski definition) is 4. The number of aromatic nitrogens is 4. The Morgan fingerprint density at radius 1 is 1.18 bits per heavy atom. The molecule has 0 spiro atoms. The quantitative estimate of drug-likeness (QED) is 0.341. The SMILES string of the molecule is O=C(CCc1nc(C2CCN(C(=O)O)CC2)no1)NCCCNc1n[nH]c(=O)c2ccccc12. The molecule has 1 aliphatic rings. The van der Waals surface area contributed by atoms with Crippen molar-refractivity contribution < 1.29 is 19.2 Å². The van der Waals surface area contributed by atoms with E-state index in [1.165, 1.54) is 4.90 Å². The normalized spacial score (nSPS) is 14.3. The lowest BCUT2D eigenvalue weighted by Gasteiger charge is -2.28. The second-order valence-electron chi connectivity index (χ2n) is 8.17. The summed E-state index contributed by atoms with van der Waals surface area (Å²) in [4.78, 5) is 40.7. The molecule has 0 saturated carbocycles. The Morgan fingerprint density at radius 2 is 1.94 bits per heavy atom. The first kappa shape index (κ1) is 23.2. The molecule has 3 heterocycles. The van der Waals surface area contributed by atoms with Crippen molar-refractivity contribution in [2.24, 2.45) is 0 Å². The molecule has 12 heteroatoms. The smallest absolute Gasteiger partial charge is 0.407 e. The van der Waals surface area contributed by atoms with Crippen LogP contribution in [0.5, 0.6) is 0 Å². The van der Waals surface area contributed by atoms with Crippen LogP contribution in [0.25, 0.3) is 10.8 Å². The average Bonchev–Trinajstić information content (AvgIpc) is 3.33. The van der Waals surface area contributed by atoms with Crippen LogP contribution in [0.15, 0.2) is 33.6 Å². The number of likely N-dealkylation sites (tertiary alicyclic amines) is 1. The zero-order valence-corrected chi connectivity index (χ0v) is 18.6. The van der Waals surface area contributed by atoms with Gasteiger partial charge in [-0.25, -0.2) is 9.89 Å². The summed E-state index contributed by atoms with van der Waals surface area (Å²) in [6, 6.07) is 7.24. The zero-order chi connectivity index (χ0) is 23.9. The van der Waals surface area contributed by atoms with E-state index >= 15 is 0 Å². The highest BCUT2D eigenvalue weighted by Crippen LogP contribution is 2.26. The van der Waals surface area contributed by atoms with Crippen molar-refractivity contribution in [3.05, 3.63) is 46.3 Å². The van der Waals surface area contributed by atoms with Crippen LogP contribution in [-0.4, -0.2) is 68.5 Å². The summed E-state index contributed by atoms with van der Waals surface area (Å²) in [7, 11) is 0. The standard InChI is InChI=1S/C22H27N7O5/c30-17(6-7-18-25-19(28-34-18)14-8-12-29(13-9-14)22(32)33)23-10-3-11-24-20-15-4-1-2-5-16(15)21(31)27-26-20/h1-2,4-5,14H,3,6-13H2,(H,23,30)(H,24,26)(H,27,31)(H,32,33). The number of fused-ring (bicyclic) bond motifs is 1. The van der Waals surface area contributed by atoms with Gasteiger partial charge < -0.3 is 25.2 Å². The van der Waals surface area contributed by atoms with Crippen LogP contribution < -0.4 is 16.2 Å². The summed E-state index contributed by atoms with van der Waals surface area (Å²) < 4.78 is 5.26. The number of hydrogen-bond acceptors (Lipinski definition) is 8. The lowest BCUT2D eigenvalue weighted by Crippen LogP contribution is -2.37. The molecule has 0 bridgehead atoms. The largest absolute Gasteiger partial charge is 0.465 e. The van der Waals surface area contributed by atoms with E-state index in [0.29, 0.717) is 74.8 Å². The van der Waals surface area contributed by atoms with Crippen LogP contribution in [-0.2, 0) is 11.2 Å². The summed E-state index contributed by atoms with van der Waals surface area (Å²) in [6.07, 6.45) is 1.67. The first-order chi connectivity index (χ1) is 16.5. The predicted molar refractivity (Wildman–Crippen MR) is 123 cm³/mol. The zero-order valence-electron chi connectivity index (χ0n) is 18.6. The fraction of sp³-hybridized carbons (Fsp3) is 0.455. The van der Waals surface area contributed by atoms with Gasteiger partial charge in [0.1, 0.15) is 0 Å². The molecule has 12 nitrogen and oxygen atoms in total. The second kappa shape index (κ2) is 10.8. The molecule has 2 aromatic heterocycles. The summed E-state index contributed by atoms with van der Waals surface area (Å²) in [6.45, 7) is 1.98. The van der Waals surface area contributed by atoms with Gasteiger partial charge in [-0.05, 0) is 25.3 Å². The molecule has 0 atom stereocenters. The third kappa shape index (κ3) is 5.69. The van der Waals surface area contributed by atoms with E-state index in [1.54, 1.807) is 12.1 Å². The number of H-pyrrole nitrogens is 1. The van der Waals surface area contributed by atoms with Gasteiger partial charge in [-0.2, -0.15) is 10.1 Å². The molecule has 3 aromatic rings. The predicted octanol–water partition coefficient (Wildman–Crippen LogP) is 1.71. The number of amides is 2. The minimum absolute atomic E-state index is 0.0727. The number of aryl methyl sites for hydroxylation is 1. The summed E-state index contributed by atoms with van der Waals surface area (Å²) in [5, 5.41) is 27.0. The lowest BCUT2D eigenvalue weighted by atomic mass is 9.96. The van der Waals surface area contributed by atoms with Crippen LogP contribution in [0.4, 0.5) is 10.6 Å². The lowest BCUT2D eigenvalue weighted by molar-refractivity contribution is -0.121. The molecular weight excluding hydrogens is 442 g/mol. The van der Waals surface area contributed by atoms with Gasteiger partial charge >= 0.3 is 6.09 Å². The number of nitrogens with one attached hydrogen (secondary N) is 3. The van der Waals surface area contributed by atoms with Crippen molar-refractivity contribution >= 4 is 28.6 Å². The van der Waals surface area contributed by atoms with Crippen molar-refractivity contribution in [3.8, 4) is 0 Å². The molecular formula is C22H27N7O5. The molecule has 2 amide bonds. The fourth-order valence-electron chi connectivity index (χ4n) is 3.95. The number of nitrogens with zero attached hydrogens (tertiary/aromatic N) is 4. The molecule has 180 valence electrons. The maximum absolute atomic E-state index is 12.1. The Bertz CT molecular complexity index is 1200. The van der Waals surface area contributed by atoms with Gasteiger partial charge in [-0.3, -0.25) is 9.59 Å². The average molecular weight is 470 g/mol. The molecule has 0 aliphatic carbocycles. The first-order valence-corrected chi connectivity index (χ1v) is 11.3. The molecule has 1 saturated heterocycles. The van der Waals surface area contributed by atoms with Gasteiger partial charge in [0.2, 0.25) is 11.8 Å². The van der Waals surface area contributed by atoms with E-state index in [9.17, 15) is 14.4 Å². The number of rotatable bonds is 9. The fourth-order valence-corrected chi connectivity index (χ4v) is 3.95. The van der Waals surface area contributed by atoms with Crippen molar-refractivity contribution in [3.63, 3.8) is 0 Å². The molecule has 0 unspecified atom stereocenters. The highest BCUT2D eigenvalue weighted by atomic mass is 16.5. The van der Waals surface area contributed by atoms with E-state index in [1.807, 2.05) is 12.1 Å². The minimum Gasteiger partial charge on any atom is -0.465 e. The van der Waals surface area contributed by atoms with E-state index in [2.05, 4.69) is 31.0 Å². The molecule has 4 rings (SSSR count). The van der Waals surface area contributed by atoms with E-state index < -0.39 is 6.09 Å². The number of carbonyl (C=O) groups excluding carboxylic acids is 1. The molecule has 1 aliphatic heterocycles. The minimum atomic E-state index is -0.907. The molecule has 1 aromatic carbocycles. The van der Waals surface area contributed by atoms with Crippen molar-refractivity contribution in [2.75, 3.05) is 31.5 Å². The van der Waals surface area contributed by atoms with Gasteiger partial charge in [0.05, 0.1) is 5.39 Å². The highest BCUT2D eigenvalue weighted by Gasteiger charge is 2.26. The van der Waals surface area contributed by atoms with E-state index in [-0.39, 0.29) is 23.8 Å². The van der Waals surface area contributed by atoms with Crippen molar-refractivity contribution in [2.45, 2.75) is 38.0 Å². The number of anilines is 1. The Hall–Kier alpha value is -3.96. The topological polar surface area (TPSA) is 166 Å². The maximum Gasteiger partial charge on any atom is 0.407 e. The van der Waals surface area contributed by atoms with Crippen LogP contribution in [0, 0.1) is 0 Å². The molecule has 4 N–H and O–H groups in total. The van der Waals surface area contributed by atoms with Crippen LogP contribution in [0.1, 0.15) is 43.3 Å². The van der Waals surface area contributed by atoms with E-state index in [0.717, 1.165) is 5.39 Å². The van der Waals surface area contributed by atoms with Crippen molar-refractivity contribution in [1.29, 1.82) is 0 Å². The Morgan fingerprint density at radius 3 is 2.71 bits per heavy atom. The summed E-state index contributed by atoms with van der Waals surface area (Å²) in [5.74, 6) is 1.55. The number of benzene rings is 1. The molecule has 1 fully saturated rings. The van der Waals surface area contributed by atoms with Crippen LogP contribution in [0.2, 0.25) is 0 Å². The van der Waals surface area contributed by atoms with Gasteiger partial charge in [-0.1, -0.05) is 23.4 Å². The second-order valence-corrected chi connectivity index (χ2v) is 8.17. The van der Waals surface area contributed by atoms with Gasteiger partial charge in [0, 0.05) is 50.3 Å². The first-order valence-electron chi connectivity index (χ1n) is 11.3. The van der Waals surface area contributed by atoms with Crippen molar-refractivity contribution in [1.82, 2.24) is 30.6 Å². The molecule has 34 heavy (non-hydrogen) atoms. The third-order valence-corrected chi connectivity index (χ3v) is 5.84. The van der Waals surface area contributed by atoms with Crippen LogP contribution >= 0.6 is 0 Å². The summed E-state index contributed by atoms with van der Waals surface area (Å²) in [5.41, 5.74) is -0.231. The maximum atomic E-state index is 12.1. The molecule has 0 radical (unpaired) electrons. The van der Waals surface area contributed by atoms with E-state index in [4.69, 9.17) is 9.63 Å². The highest BCUT2D eigenvalue weighted by molar-refractivity contribution is 5.90. The Labute approximate surface area is 194 Å². The van der Waals surface area contributed by atoms with Gasteiger partial charge in [0.15, 0.2) is 11.6 Å². The number of carbonyl (C=O) groups is 2. The third-order valence-electron chi connectivity index (χ3n) is 5.84.